The molecule has 3 nitrogen and oxygen atoms in total. The van der Waals surface area contributed by atoms with Crippen LogP contribution in [0, 0.1) is 5.92 Å². The van der Waals surface area contributed by atoms with Crippen LogP contribution in [-0.2, 0) is 6.54 Å². The van der Waals surface area contributed by atoms with Gasteiger partial charge in [0.05, 0.1) is 5.01 Å². The molecule has 0 bridgehead atoms. The molecule has 1 N–H and O–H groups in total. The van der Waals surface area contributed by atoms with Crippen LogP contribution in [0.25, 0.3) is 0 Å². The van der Waals surface area contributed by atoms with Crippen molar-refractivity contribution in [3.05, 3.63) is 16.1 Å². The van der Waals surface area contributed by atoms with Crippen LogP contribution in [0.15, 0.2) is 6.20 Å². The third-order valence-corrected chi connectivity index (χ3v) is 6.41. The topological polar surface area (TPSA) is 36.4 Å². The maximum absolute atomic E-state index is 9.31. The van der Waals surface area contributed by atoms with Gasteiger partial charge in [-0.05, 0) is 45.1 Å². The molecule has 2 fully saturated rings. The first-order chi connectivity index (χ1) is 10.3. The lowest BCUT2D eigenvalue weighted by molar-refractivity contribution is 0.0846. The van der Waals surface area contributed by atoms with Crippen LogP contribution in [0.1, 0.15) is 67.7 Å². The molecule has 0 amide bonds. The summed E-state index contributed by atoms with van der Waals surface area (Å²) in [7, 11) is 0. The molecule has 0 unspecified atom stereocenters. The van der Waals surface area contributed by atoms with Crippen LogP contribution in [0.2, 0.25) is 0 Å². The van der Waals surface area contributed by atoms with E-state index in [9.17, 15) is 5.11 Å². The molecule has 1 aromatic heterocycles. The summed E-state index contributed by atoms with van der Waals surface area (Å²) < 4.78 is 0. The Hall–Kier alpha value is -0.450. The average Bonchev–Trinajstić information content (AvgIpc) is 2.99. The Labute approximate surface area is 132 Å². The third kappa shape index (κ3) is 3.85. The molecule has 1 saturated heterocycles. The predicted molar refractivity (Wildman–Crippen MR) is 87.6 cm³/mol. The molecule has 118 valence electrons. The zero-order valence-corrected chi connectivity index (χ0v) is 13.9. The quantitative estimate of drug-likeness (QED) is 0.919. The number of thiazole rings is 1. The fraction of sp³-hybridized carbons (Fsp3) is 0.824. The first-order valence-corrected chi connectivity index (χ1v) is 9.37. The van der Waals surface area contributed by atoms with Gasteiger partial charge in [-0.2, -0.15) is 0 Å². The fourth-order valence-corrected chi connectivity index (χ4v) is 4.97. The number of piperidine rings is 1. The highest BCUT2D eigenvalue weighted by Gasteiger charge is 2.26. The van der Waals surface area contributed by atoms with Crippen molar-refractivity contribution in [1.82, 2.24) is 9.88 Å². The highest BCUT2D eigenvalue weighted by molar-refractivity contribution is 7.11. The van der Waals surface area contributed by atoms with Crippen molar-refractivity contribution in [2.24, 2.45) is 5.92 Å². The zero-order valence-electron chi connectivity index (χ0n) is 13.1. The minimum Gasteiger partial charge on any atom is -0.396 e. The molecule has 21 heavy (non-hydrogen) atoms. The van der Waals surface area contributed by atoms with Gasteiger partial charge in [-0.25, -0.2) is 4.98 Å². The molecule has 2 heterocycles. The summed E-state index contributed by atoms with van der Waals surface area (Å²) in [6.07, 6.45) is 11.2. The predicted octanol–water partition coefficient (Wildman–Crippen LogP) is 3.78. The van der Waals surface area contributed by atoms with Crippen LogP contribution >= 0.6 is 11.3 Å². The van der Waals surface area contributed by atoms with E-state index in [-0.39, 0.29) is 0 Å². The summed E-state index contributed by atoms with van der Waals surface area (Å²) in [5.41, 5.74) is 0. The van der Waals surface area contributed by atoms with Gasteiger partial charge in [0.25, 0.3) is 0 Å². The molecule has 1 aliphatic carbocycles. The summed E-state index contributed by atoms with van der Waals surface area (Å²) in [6, 6.07) is 0.580. The van der Waals surface area contributed by atoms with Crippen molar-refractivity contribution in [3.63, 3.8) is 0 Å². The molecule has 1 saturated carbocycles. The second-order valence-electron chi connectivity index (χ2n) is 6.89. The van der Waals surface area contributed by atoms with Gasteiger partial charge in [0, 0.05) is 36.2 Å². The summed E-state index contributed by atoms with van der Waals surface area (Å²) in [5, 5.41) is 10.7. The molecule has 0 aromatic carbocycles. The van der Waals surface area contributed by atoms with Crippen molar-refractivity contribution in [1.29, 1.82) is 0 Å². The maximum atomic E-state index is 9.31. The molecule has 2 aliphatic rings. The smallest absolute Gasteiger partial charge is 0.0959 e. The number of aromatic nitrogens is 1. The van der Waals surface area contributed by atoms with Crippen LogP contribution in [-0.4, -0.2) is 34.2 Å². The Bertz CT molecular complexity index is 442. The van der Waals surface area contributed by atoms with E-state index in [0.29, 0.717) is 18.6 Å². The van der Waals surface area contributed by atoms with Crippen molar-refractivity contribution >= 4 is 11.3 Å². The monoisotopic (exact) mass is 308 g/mol. The van der Waals surface area contributed by atoms with Crippen molar-refractivity contribution in [3.8, 4) is 0 Å². The Morgan fingerprint density at radius 3 is 2.81 bits per heavy atom. The average molecular weight is 308 g/mol. The van der Waals surface area contributed by atoms with E-state index in [2.05, 4.69) is 18.0 Å². The first kappa shape index (κ1) is 15.4. The highest BCUT2D eigenvalue weighted by Crippen LogP contribution is 2.35. The summed E-state index contributed by atoms with van der Waals surface area (Å²) in [4.78, 5) is 8.69. The van der Waals surface area contributed by atoms with Gasteiger partial charge >= 0.3 is 0 Å². The van der Waals surface area contributed by atoms with E-state index in [1.807, 2.05) is 11.3 Å². The molecule has 4 heteroatoms. The van der Waals surface area contributed by atoms with E-state index in [1.54, 1.807) is 0 Å². The normalized spacial score (nSPS) is 28.9. The molecule has 2 atom stereocenters. The molecular formula is C17H28N2OS. The number of hydrogen-bond donors (Lipinski definition) is 1. The van der Waals surface area contributed by atoms with E-state index >= 15 is 0 Å². The van der Waals surface area contributed by atoms with E-state index < -0.39 is 0 Å². The van der Waals surface area contributed by atoms with Crippen molar-refractivity contribution < 1.29 is 5.11 Å². The molecular weight excluding hydrogens is 280 g/mol. The molecule has 1 aliphatic heterocycles. The minimum absolute atomic E-state index is 0.352. The Morgan fingerprint density at radius 2 is 2.10 bits per heavy atom. The number of likely N-dealkylation sites (tertiary alicyclic amines) is 1. The maximum Gasteiger partial charge on any atom is 0.0959 e. The van der Waals surface area contributed by atoms with Gasteiger partial charge in [0.1, 0.15) is 0 Å². The van der Waals surface area contributed by atoms with E-state index in [0.717, 1.165) is 31.8 Å². The zero-order chi connectivity index (χ0) is 14.7. The van der Waals surface area contributed by atoms with Gasteiger partial charge in [-0.3, -0.25) is 4.90 Å². The van der Waals surface area contributed by atoms with Gasteiger partial charge in [0.2, 0.25) is 0 Å². The lowest BCUT2D eigenvalue weighted by atomic mass is 9.90. The van der Waals surface area contributed by atoms with Crippen LogP contribution in [0.5, 0.6) is 0 Å². The number of nitrogens with zero attached hydrogens (tertiary/aromatic N) is 2. The summed E-state index contributed by atoms with van der Waals surface area (Å²) in [6.45, 7) is 4.81. The van der Waals surface area contributed by atoms with Gasteiger partial charge in [-0.1, -0.05) is 19.3 Å². The summed E-state index contributed by atoms with van der Waals surface area (Å²) in [5.74, 6) is 1.24. The minimum atomic E-state index is 0.352. The van der Waals surface area contributed by atoms with Crippen LogP contribution < -0.4 is 0 Å². The molecule has 0 radical (unpaired) electrons. The molecule has 0 spiro atoms. The second kappa shape index (κ2) is 7.21. The summed E-state index contributed by atoms with van der Waals surface area (Å²) >= 11 is 1.94. The number of aliphatic hydroxyl groups is 1. The highest BCUT2D eigenvalue weighted by atomic mass is 32.1. The lowest BCUT2D eigenvalue weighted by Crippen LogP contribution is -2.40. The lowest BCUT2D eigenvalue weighted by Gasteiger charge is -2.36. The third-order valence-electron chi connectivity index (χ3n) is 5.27. The number of rotatable bonds is 4. The largest absolute Gasteiger partial charge is 0.396 e. The van der Waals surface area contributed by atoms with Gasteiger partial charge < -0.3 is 5.11 Å². The standard InChI is InChI=1S/C17H28N2OS/c1-13-9-14(12-20)7-8-19(13)11-16-10-18-17(21-16)15-5-3-2-4-6-15/h10,13-15,20H,2-9,11-12H2,1H3/t13-,14-/m0/s1. The van der Waals surface area contributed by atoms with Crippen LogP contribution in [0.3, 0.4) is 0 Å². The van der Waals surface area contributed by atoms with E-state index in [1.165, 1.54) is 42.0 Å². The van der Waals surface area contributed by atoms with Crippen molar-refractivity contribution in [2.45, 2.75) is 70.4 Å². The van der Waals surface area contributed by atoms with Gasteiger partial charge in [-0.15, -0.1) is 11.3 Å². The first-order valence-electron chi connectivity index (χ1n) is 8.55. The number of hydrogen-bond acceptors (Lipinski definition) is 4. The molecule has 1 aromatic rings. The van der Waals surface area contributed by atoms with E-state index in [4.69, 9.17) is 4.98 Å². The fourth-order valence-electron chi connectivity index (χ4n) is 3.85. The van der Waals surface area contributed by atoms with Crippen LogP contribution in [0.4, 0.5) is 0 Å². The molecule has 3 rings (SSSR count). The Kier molecular flexibility index (Phi) is 5.30. The Balaban J connectivity index is 1.57. The van der Waals surface area contributed by atoms with Crippen molar-refractivity contribution in [2.75, 3.05) is 13.2 Å². The van der Waals surface area contributed by atoms with Gasteiger partial charge in [0.15, 0.2) is 0 Å². The SMILES string of the molecule is C[C@H]1C[C@@H](CO)CCN1Cc1cnc(C2CCCCC2)s1. The number of aliphatic hydroxyl groups excluding tert-OH is 1. The second-order valence-corrected chi connectivity index (χ2v) is 8.04. The Morgan fingerprint density at radius 1 is 1.29 bits per heavy atom.